The number of nitrogens with zero attached hydrogens (tertiary/aromatic N) is 3. The first-order valence-electron chi connectivity index (χ1n) is 5.88. The molecule has 0 saturated carbocycles. The average molecular weight is 293 g/mol. The molecule has 3 aromatic heterocycles. The van der Waals surface area contributed by atoms with Gasteiger partial charge in [0, 0.05) is 17.3 Å². The number of hydrogen-bond donors (Lipinski definition) is 1. The molecular formula is C13H10ClFN4O. The smallest absolute Gasteiger partial charge is 0.240 e. The molecule has 3 heterocycles. The molecule has 3 rings (SSSR count). The molecule has 0 bridgehead atoms. The van der Waals surface area contributed by atoms with Gasteiger partial charge in [-0.25, -0.2) is 4.98 Å². The summed E-state index contributed by atoms with van der Waals surface area (Å²) in [6.07, 6.45) is 3.19. The van der Waals surface area contributed by atoms with Crippen molar-refractivity contribution >= 4 is 22.9 Å². The van der Waals surface area contributed by atoms with Gasteiger partial charge in [-0.1, -0.05) is 11.6 Å². The first-order valence-corrected chi connectivity index (χ1v) is 6.25. The van der Waals surface area contributed by atoms with E-state index in [1.165, 1.54) is 13.0 Å². The Bertz CT molecular complexity index is 823. The van der Waals surface area contributed by atoms with Crippen molar-refractivity contribution in [1.29, 1.82) is 0 Å². The summed E-state index contributed by atoms with van der Waals surface area (Å²) in [6.45, 7) is 3.09. The summed E-state index contributed by atoms with van der Waals surface area (Å²) in [7, 11) is 0. The minimum Gasteiger partial charge on any atom is -0.294 e. The topological polar surface area (TPSA) is 63.1 Å². The number of pyridine rings is 1. The van der Waals surface area contributed by atoms with Crippen LogP contribution in [0.5, 0.6) is 0 Å². The van der Waals surface area contributed by atoms with Crippen LogP contribution in [-0.2, 0) is 0 Å². The lowest BCUT2D eigenvalue weighted by Gasteiger charge is -2.11. The number of carbonyl (C=O) groups is 1. The van der Waals surface area contributed by atoms with Gasteiger partial charge >= 0.3 is 0 Å². The Hall–Kier alpha value is -2.21. The van der Waals surface area contributed by atoms with Crippen LogP contribution in [0.1, 0.15) is 23.1 Å². The van der Waals surface area contributed by atoms with E-state index in [0.29, 0.717) is 22.6 Å². The summed E-state index contributed by atoms with van der Waals surface area (Å²) in [4.78, 5) is 15.7. The summed E-state index contributed by atoms with van der Waals surface area (Å²) in [5, 5.41) is 6.70. The van der Waals surface area contributed by atoms with Crippen LogP contribution in [0.4, 0.5) is 4.39 Å². The van der Waals surface area contributed by atoms with E-state index in [-0.39, 0.29) is 16.3 Å². The Kier molecular flexibility index (Phi) is 2.83. The second-order valence-corrected chi connectivity index (χ2v) is 4.84. The minimum atomic E-state index is -0.660. The molecular weight excluding hydrogens is 283 g/mol. The number of ketones is 1. The van der Waals surface area contributed by atoms with Crippen molar-refractivity contribution in [2.24, 2.45) is 0 Å². The number of hydrogen-bond acceptors (Lipinski definition) is 3. The number of aromatic nitrogens is 4. The molecule has 0 radical (unpaired) electrons. The van der Waals surface area contributed by atoms with Crippen molar-refractivity contribution in [2.45, 2.75) is 13.8 Å². The Morgan fingerprint density at radius 1 is 1.50 bits per heavy atom. The maximum atomic E-state index is 13.9. The molecule has 0 spiro atoms. The predicted molar refractivity (Wildman–Crippen MR) is 72.5 cm³/mol. The minimum absolute atomic E-state index is 0.153. The average Bonchev–Trinajstić information content (AvgIpc) is 2.98. The normalized spacial score (nSPS) is 11.2. The number of aryl methyl sites for hydroxylation is 1. The number of nitrogens with one attached hydrogen (secondary N) is 1. The van der Waals surface area contributed by atoms with E-state index < -0.39 is 5.95 Å². The number of H-pyrrole nitrogens is 1. The molecule has 0 aliphatic carbocycles. The maximum Gasteiger partial charge on any atom is 0.240 e. The highest BCUT2D eigenvalue weighted by Crippen LogP contribution is 2.32. The van der Waals surface area contributed by atoms with Crippen LogP contribution in [0.3, 0.4) is 0 Å². The third-order valence-corrected chi connectivity index (χ3v) is 3.42. The van der Waals surface area contributed by atoms with Crippen LogP contribution < -0.4 is 0 Å². The summed E-state index contributed by atoms with van der Waals surface area (Å²) >= 11 is 6.08. The number of Topliss-reactive ketones (excluding diaryl/α,β-unsaturated/α-hetero) is 1. The number of carbonyl (C=O) groups excluding carboxylic acids is 1. The summed E-state index contributed by atoms with van der Waals surface area (Å²) in [6, 6.07) is 1.46. The van der Waals surface area contributed by atoms with Gasteiger partial charge in [-0.3, -0.25) is 14.3 Å². The van der Waals surface area contributed by atoms with Crippen LogP contribution in [0.2, 0.25) is 5.02 Å². The summed E-state index contributed by atoms with van der Waals surface area (Å²) in [5.41, 5.74) is 1.74. The fraction of sp³-hybridized carbons (Fsp3) is 0.154. The van der Waals surface area contributed by atoms with E-state index >= 15 is 0 Å². The van der Waals surface area contributed by atoms with Crippen LogP contribution in [0.15, 0.2) is 18.5 Å². The molecule has 0 aliphatic heterocycles. The van der Waals surface area contributed by atoms with Gasteiger partial charge in [-0.05, 0) is 19.9 Å². The summed E-state index contributed by atoms with van der Waals surface area (Å²) in [5.74, 6) is -0.412. The number of rotatable bonds is 2. The van der Waals surface area contributed by atoms with E-state index in [0.717, 1.165) is 0 Å². The molecule has 5 nitrogen and oxygen atoms in total. The molecule has 1 N–H and O–H groups in total. The highest BCUT2D eigenvalue weighted by Gasteiger charge is 2.21. The Labute approximate surface area is 118 Å². The van der Waals surface area contributed by atoms with E-state index in [2.05, 4.69) is 15.2 Å². The van der Waals surface area contributed by atoms with E-state index in [9.17, 15) is 9.18 Å². The van der Waals surface area contributed by atoms with Crippen molar-refractivity contribution < 1.29 is 9.18 Å². The van der Waals surface area contributed by atoms with Gasteiger partial charge in [0.1, 0.15) is 11.3 Å². The molecule has 0 aliphatic rings. The Morgan fingerprint density at radius 3 is 2.85 bits per heavy atom. The molecule has 3 aromatic rings. The highest BCUT2D eigenvalue weighted by molar-refractivity contribution is 6.34. The zero-order valence-electron chi connectivity index (χ0n) is 10.7. The third-order valence-electron chi connectivity index (χ3n) is 3.13. The van der Waals surface area contributed by atoms with Gasteiger partial charge in [0.25, 0.3) is 0 Å². The second-order valence-electron chi connectivity index (χ2n) is 4.43. The zero-order valence-corrected chi connectivity index (χ0v) is 11.5. The van der Waals surface area contributed by atoms with Gasteiger partial charge in [0.15, 0.2) is 5.78 Å². The first-order chi connectivity index (χ1) is 9.50. The molecule has 0 fully saturated rings. The fourth-order valence-electron chi connectivity index (χ4n) is 2.30. The second kappa shape index (κ2) is 4.42. The van der Waals surface area contributed by atoms with Gasteiger partial charge in [0.05, 0.1) is 16.9 Å². The molecule has 7 heteroatoms. The Morgan fingerprint density at radius 2 is 2.25 bits per heavy atom. The molecule has 0 amide bonds. The molecule has 0 saturated heterocycles. The number of fused-ring (bicyclic) bond motifs is 1. The van der Waals surface area contributed by atoms with Crippen molar-refractivity contribution in [3.8, 4) is 11.3 Å². The standard InChI is InChI=1S/C13H10ClFN4O/c1-6(20)9-3-10(14)12-13(15)18-7(2)19(12)11(9)8-4-16-17-5-8/h3-5H,1-2H3,(H,16,17). The van der Waals surface area contributed by atoms with Crippen molar-refractivity contribution in [3.05, 3.63) is 40.8 Å². The third kappa shape index (κ3) is 1.72. The highest BCUT2D eigenvalue weighted by atomic mass is 35.5. The lowest BCUT2D eigenvalue weighted by molar-refractivity contribution is 0.101. The summed E-state index contributed by atoms with van der Waals surface area (Å²) < 4.78 is 15.4. The Balaban J connectivity index is 2.55. The van der Waals surface area contributed by atoms with Gasteiger partial charge in [0.2, 0.25) is 5.95 Å². The monoisotopic (exact) mass is 292 g/mol. The zero-order chi connectivity index (χ0) is 14.4. The van der Waals surface area contributed by atoms with E-state index in [1.54, 1.807) is 23.7 Å². The van der Waals surface area contributed by atoms with E-state index in [4.69, 9.17) is 11.6 Å². The number of imidazole rings is 1. The number of halogens is 2. The SMILES string of the molecule is CC(=O)c1cc(Cl)c2c(F)nc(C)n2c1-c1cn[nH]c1. The van der Waals surface area contributed by atoms with Crippen molar-refractivity contribution in [3.63, 3.8) is 0 Å². The predicted octanol–water partition coefficient (Wildman–Crippen LogP) is 3.03. The molecule has 102 valence electrons. The van der Waals surface area contributed by atoms with Gasteiger partial charge in [-0.15, -0.1) is 0 Å². The maximum absolute atomic E-state index is 13.9. The largest absolute Gasteiger partial charge is 0.294 e. The van der Waals surface area contributed by atoms with Gasteiger partial charge < -0.3 is 0 Å². The molecule has 0 atom stereocenters. The van der Waals surface area contributed by atoms with Crippen LogP contribution in [0.25, 0.3) is 16.8 Å². The first kappa shape index (κ1) is 12.8. The van der Waals surface area contributed by atoms with Crippen molar-refractivity contribution in [1.82, 2.24) is 19.6 Å². The number of aromatic amines is 1. The van der Waals surface area contributed by atoms with Crippen LogP contribution in [0, 0.1) is 12.9 Å². The van der Waals surface area contributed by atoms with Crippen LogP contribution >= 0.6 is 11.6 Å². The van der Waals surface area contributed by atoms with Gasteiger partial charge in [-0.2, -0.15) is 9.49 Å². The molecule has 20 heavy (non-hydrogen) atoms. The lowest BCUT2D eigenvalue weighted by Crippen LogP contribution is -2.04. The molecule has 0 unspecified atom stereocenters. The fourth-order valence-corrected chi connectivity index (χ4v) is 2.57. The quantitative estimate of drug-likeness (QED) is 0.738. The van der Waals surface area contributed by atoms with Crippen LogP contribution in [-0.4, -0.2) is 25.4 Å². The molecule has 0 aromatic carbocycles. The van der Waals surface area contributed by atoms with E-state index in [1.807, 2.05) is 0 Å². The lowest BCUT2D eigenvalue weighted by atomic mass is 10.1. The van der Waals surface area contributed by atoms with Crippen molar-refractivity contribution in [2.75, 3.05) is 0 Å².